The predicted molar refractivity (Wildman–Crippen MR) is 79.0 cm³/mol. The second-order valence-electron chi connectivity index (χ2n) is 5.45. The van der Waals surface area contributed by atoms with Crippen molar-refractivity contribution in [2.75, 3.05) is 6.61 Å². The van der Waals surface area contributed by atoms with E-state index < -0.39 is 61.2 Å². The first kappa shape index (κ1) is 22.7. The van der Waals surface area contributed by atoms with Crippen LogP contribution in [0.3, 0.4) is 0 Å². The highest BCUT2D eigenvalue weighted by atomic mass is 16.7. The first-order valence-corrected chi connectivity index (χ1v) is 7.22. The second kappa shape index (κ2) is 9.22. The minimum Gasteiger partial charge on any atom is -0.476 e. The van der Waals surface area contributed by atoms with E-state index in [1.165, 1.54) is 0 Å². The first-order valence-electron chi connectivity index (χ1n) is 7.22. The third-order valence-electron chi connectivity index (χ3n) is 3.60. The average molecular weight is 354 g/mol. The van der Waals surface area contributed by atoms with Gasteiger partial charge >= 0.3 is 17.7 Å². The van der Waals surface area contributed by atoms with Gasteiger partial charge in [-0.3, -0.25) is 4.79 Å². The molecule has 142 valence electrons. The highest BCUT2D eigenvalue weighted by molar-refractivity contribution is 5.80. The van der Waals surface area contributed by atoms with Crippen molar-refractivity contribution < 1.29 is 44.6 Å². The highest BCUT2D eigenvalue weighted by Crippen LogP contribution is 2.33. The van der Waals surface area contributed by atoms with Crippen molar-refractivity contribution in [1.82, 2.24) is 6.15 Å². The molecule has 1 rings (SSSR count). The number of aliphatic hydroxyl groups excluding tert-OH is 4. The van der Waals surface area contributed by atoms with Crippen LogP contribution in [0.4, 0.5) is 0 Å². The molecule has 0 aliphatic carbocycles. The van der Waals surface area contributed by atoms with E-state index in [-0.39, 0.29) is 12.6 Å². The predicted octanol–water partition coefficient (Wildman–Crippen LogP) is -2.54. The zero-order chi connectivity index (χ0) is 17.8. The molecule has 0 bridgehead atoms. The molecular weight excluding hydrogens is 328 g/mol. The molecule has 0 aromatic heterocycles. The number of carboxylic acids is 1. The molecule has 24 heavy (non-hydrogen) atoms. The Bertz CT molecular complexity index is 436. The standard InChI is InChI=1S/C13H23NO9.H3N/c1-2-3-8(18)22-13(12(20)21)4-6(16)9(14)11(23-13)10(19)7(17)5-15;/h6-7,9-11,15-17,19H,2-5,14H2,1H3,(H,20,21);1H3/t6-,7?,9+,10?,11+,13?;/m0./s1. The Labute approximate surface area is 138 Å². The normalized spacial score (nSPS) is 32.3. The summed E-state index contributed by atoms with van der Waals surface area (Å²) >= 11 is 0. The van der Waals surface area contributed by atoms with Crippen LogP contribution in [0.25, 0.3) is 0 Å². The Morgan fingerprint density at radius 1 is 1.42 bits per heavy atom. The number of ether oxygens (including phenoxy) is 2. The van der Waals surface area contributed by atoms with Gasteiger partial charge in [-0.25, -0.2) is 4.79 Å². The summed E-state index contributed by atoms with van der Waals surface area (Å²) in [6.07, 6.45) is -6.77. The first-order chi connectivity index (χ1) is 10.7. The van der Waals surface area contributed by atoms with Gasteiger partial charge in [0.25, 0.3) is 0 Å². The van der Waals surface area contributed by atoms with Gasteiger partial charge < -0.3 is 46.9 Å². The van der Waals surface area contributed by atoms with Crippen molar-refractivity contribution in [2.45, 2.75) is 62.4 Å². The summed E-state index contributed by atoms with van der Waals surface area (Å²) < 4.78 is 10.0. The summed E-state index contributed by atoms with van der Waals surface area (Å²) in [5, 5.41) is 47.6. The number of carbonyl (C=O) groups excluding carboxylic acids is 1. The van der Waals surface area contributed by atoms with E-state index in [1.54, 1.807) is 6.92 Å². The van der Waals surface area contributed by atoms with Crippen LogP contribution in [0.2, 0.25) is 0 Å². The van der Waals surface area contributed by atoms with Gasteiger partial charge in [0, 0.05) is 6.42 Å². The molecule has 1 aliphatic heterocycles. The zero-order valence-corrected chi connectivity index (χ0v) is 13.4. The lowest BCUT2D eigenvalue weighted by molar-refractivity contribution is -0.299. The molecule has 1 heterocycles. The number of carbonyl (C=O) groups is 2. The minimum atomic E-state index is -2.53. The van der Waals surface area contributed by atoms with Crippen LogP contribution in [0, 0.1) is 0 Å². The van der Waals surface area contributed by atoms with Gasteiger partial charge in [0.15, 0.2) is 0 Å². The third-order valence-corrected chi connectivity index (χ3v) is 3.60. The Hall–Kier alpha value is -1.34. The number of rotatable bonds is 7. The maximum atomic E-state index is 11.6. The number of hydrogen-bond acceptors (Lipinski definition) is 10. The average Bonchev–Trinajstić information content (AvgIpc) is 2.49. The van der Waals surface area contributed by atoms with Gasteiger partial charge in [-0.2, -0.15) is 0 Å². The number of aliphatic carboxylic acids is 1. The fourth-order valence-corrected chi connectivity index (χ4v) is 2.29. The lowest BCUT2D eigenvalue weighted by Gasteiger charge is -2.44. The van der Waals surface area contributed by atoms with Gasteiger partial charge in [-0.1, -0.05) is 6.92 Å². The Morgan fingerprint density at radius 2 is 2.00 bits per heavy atom. The van der Waals surface area contributed by atoms with Crippen molar-refractivity contribution in [1.29, 1.82) is 0 Å². The van der Waals surface area contributed by atoms with E-state index in [9.17, 15) is 30.0 Å². The quantitative estimate of drug-likeness (QED) is 0.236. The van der Waals surface area contributed by atoms with Crippen LogP contribution < -0.4 is 11.9 Å². The Kier molecular flexibility index (Phi) is 8.71. The number of nitrogens with two attached hydrogens (primary N) is 1. The molecule has 1 fully saturated rings. The molecule has 0 radical (unpaired) electrons. The maximum absolute atomic E-state index is 11.6. The molecule has 6 atom stereocenters. The molecule has 0 aromatic carbocycles. The second-order valence-corrected chi connectivity index (χ2v) is 5.45. The maximum Gasteiger partial charge on any atom is 0.377 e. The van der Waals surface area contributed by atoms with Crippen LogP contribution in [0.1, 0.15) is 26.2 Å². The van der Waals surface area contributed by atoms with Gasteiger partial charge in [0.1, 0.15) is 18.3 Å². The molecule has 0 aromatic rings. The molecule has 0 amide bonds. The lowest BCUT2D eigenvalue weighted by Crippen LogP contribution is -2.66. The van der Waals surface area contributed by atoms with Crippen molar-refractivity contribution >= 4 is 11.9 Å². The zero-order valence-electron chi connectivity index (χ0n) is 13.4. The largest absolute Gasteiger partial charge is 0.476 e. The van der Waals surface area contributed by atoms with E-state index in [4.69, 9.17) is 20.3 Å². The fraction of sp³-hybridized carbons (Fsp3) is 0.846. The SMILES string of the molecule is CCCC(=O)OC1(C(=O)O)C[C@H](O)[C@@H](N)[C@H](C(O)C(O)CO)O1.N. The van der Waals surface area contributed by atoms with E-state index in [2.05, 4.69) is 0 Å². The molecule has 0 spiro atoms. The molecule has 1 aliphatic rings. The number of esters is 1. The van der Waals surface area contributed by atoms with Crippen LogP contribution >= 0.6 is 0 Å². The van der Waals surface area contributed by atoms with Crippen LogP contribution in [0.15, 0.2) is 0 Å². The van der Waals surface area contributed by atoms with Gasteiger partial charge in [-0.15, -0.1) is 0 Å². The van der Waals surface area contributed by atoms with Crippen LogP contribution in [-0.2, 0) is 19.1 Å². The molecule has 3 unspecified atom stereocenters. The van der Waals surface area contributed by atoms with E-state index in [1.807, 2.05) is 0 Å². The van der Waals surface area contributed by atoms with Gasteiger partial charge in [-0.05, 0) is 6.42 Å². The third kappa shape index (κ3) is 4.83. The monoisotopic (exact) mass is 354 g/mol. The molecular formula is C13H26N2O9. The summed E-state index contributed by atoms with van der Waals surface area (Å²) in [5.41, 5.74) is 5.67. The minimum absolute atomic E-state index is 0. The van der Waals surface area contributed by atoms with Gasteiger partial charge in [0.2, 0.25) is 0 Å². The summed E-state index contributed by atoms with van der Waals surface area (Å²) in [6, 6.07) is -1.25. The molecule has 11 nitrogen and oxygen atoms in total. The van der Waals surface area contributed by atoms with Gasteiger partial charge in [0.05, 0.1) is 25.2 Å². The van der Waals surface area contributed by atoms with Crippen molar-refractivity contribution in [2.24, 2.45) is 5.73 Å². The summed E-state index contributed by atoms with van der Waals surface area (Å²) in [6.45, 7) is 0.852. The number of hydrogen-bond donors (Lipinski definition) is 7. The van der Waals surface area contributed by atoms with E-state index in [0.29, 0.717) is 6.42 Å². The number of aliphatic hydroxyl groups is 4. The fourth-order valence-electron chi connectivity index (χ4n) is 2.29. The van der Waals surface area contributed by atoms with E-state index >= 15 is 0 Å². The summed E-state index contributed by atoms with van der Waals surface area (Å²) in [7, 11) is 0. The topological polar surface area (TPSA) is 215 Å². The number of carboxylic acid groups (broad SMARTS) is 1. The smallest absolute Gasteiger partial charge is 0.377 e. The van der Waals surface area contributed by atoms with Crippen LogP contribution in [0.5, 0.6) is 0 Å². The summed E-state index contributed by atoms with van der Waals surface area (Å²) in [5.74, 6) is -5.06. The Balaban J connectivity index is 0.00000529. The van der Waals surface area contributed by atoms with Crippen LogP contribution in [-0.4, -0.2) is 80.3 Å². The molecule has 11 heteroatoms. The molecule has 1 saturated heterocycles. The lowest BCUT2D eigenvalue weighted by atomic mass is 9.89. The van der Waals surface area contributed by atoms with Crippen molar-refractivity contribution in [3.05, 3.63) is 0 Å². The molecule has 0 saturated carbocycles. The highest BCUT2D eigenvalue weighted by Gasteiger charge is 2.56. The molecule has 10 N–H and O–H groups in total. The van der Waals surface area contributed by atoms with E-state index in [0.717, 1.165) is 0 Å². The Morgan fingerprint density at radius 3 is 2.46 bits per heavy atom. The summed E-state index contributed by atoms with van der Waals surface area (Å²) in [4.78, 5) is 23.2. The van der Waals surface area contributed by atoms with Crippen molar-refractivity contribution in [3.8, 4) is 0 Å². The van der Waals surface area contributed by atoms with Crippen molar-refractivity contribution in [3.63, 3.8) is 0 Å².